The van der Waals surface area contributed by atoms with Crippen LogP contribution in [0.4, 0.5) is 5.69 Å². The van der Waals surface area contributed by atoms with Crippen molar-refractivity contribution in [1.82, 2.24) is 10.0 Å². The van der Waals surface area contributed by atoms with Gasteiger partial charge in [-0.05, 0) is 33.5 Å². The maximum absolute atomic E-state index is 11.6. The van der Waals surface area contributed by atoms with E-state index in [1.807, 2.05) is 6.92 Å². The Kier molecular flexibility index (Phi) is 4.98. The molecule has 1 unspecified atom stereocenters. The Hall–Kier alpha value is -1.51. The molecule has 0 amide bonds. The zero-order chi connectivity index (χ0) is 14.6. The first-order valence-electron chi connectivity index (χ1n) is 5.70. The molecule has 0 saturated heterocycles. The summed E-state index contributed by atoms with van der Waals surface area (Å²) in [5, 5.41) is 14.0. The molecular formula is C11H17N3O4S. The molecule has 0 heterocycles. The van der Waals surface area contributed by atoms with Crippen LogP contribution in [0, 0.1) is 10.1 Å². The minimum Gasteiger partial charge on any atom is -0.317 e. The topological polar surface area (TPSA) is 101 Å². The van der Waals surface area contributed by atoms with E-state index in [1.165, 1.54) is 19.2 Å². The minimum absolute atomic E-state index is 0.0606. The van der Waals surface area contributed by atoms with Gasteiger partial charge in [0, 0.05) is 17.7 Å². The van der Waals surface area contributed by atoms with Crippen LogP contribution >= 0.6 is 0 Å². The highest BCUT2D eigenvalue weighted by Crippen LogP contribution is 2.24. The van der Waals surface area contributed by atoms with Crippen molar-refractivity contribution in [2.75, 3.05) is 14.1 Å². The molecule has 1 rings (SSSR count). The lowest BCUT2D eigenvalue weighted by Gasteiger charge is -2.11. The van der Waals surface area contributed by atoms with Gasteiger partial charge < -0.3 is 5.32 Å². The van der Waals surface area contributed by atoms with Gasteiger partial charge >= 0.3 is 0 Å². The fourth-order valence-electron chi connectivity index (χ4n) is 1.60. The quantitative estimate of drug-likeness (QED) is 0.591. The number of sulfonamides is 1. The number of hydrogen-bond acceptors (Lipinski definition) is 5. The van der Waals surface area contributed by atoms with Crippen LogP contribution in [0.25, 0.3) is 0 Å². The third kappa shape index (κ3) is 3.72. The van der Waals surface area contributed by atoms with E-state index < -0.39 is 14.9 Å². The first kappa shape index (κ1) is 15.5. The molecule has 0 spiro atoms. The highest BCUT2D eigenvalue weighted by atomic mass is 32.2. The van der Waals surface area contributed by atoms with Gasteiger partial charge in [0.2, 0.25) is 10.0 Å². The van der Waals surface area contributed by atoms with Crippen molar-refractivity contribution in [1.29, 1.82) is 0 Å². The lowest BCUT2D eigenvalue weighted by molar-refractivity contribution is -0.385. The van der Waals surface area contributed by atoms with Crippen molar-refractivity contribution in [2.24, 2.45) is 0 Å². The molecule has 0 aromatic heterocycles. The van der Waals surface area contributed by atoms with Gasteiger partial charge in [-0.15, -0.1) is 0 Å². The molecule has 7 nitrogen and oxygen atoms in total. The van der Waals surface area contributed by atoms with Crippen molar-refractivity contribution >= 4 is 15.7 Å². The molecule has 0 saturated carbocycles. The molecule has 1 aromatic carbocycles. The van der Waals surface area contributed by atoms with Crippen molar-refractivity contribution in [3.63, 3.8) is 0 Å². The van der Waals surface area contributed by atoms with Crippen LogP contribution in [0.2, 0.25) is 0 Å². The Morgan fingerprint density at radius 1 is 1.37 bits per heavy atom. The summed E-state index contributed by atoms with van der Waals surface area (Å²) in [6, 6.07) is 4.00. The predicted molar refractivity (Wildman–Crippen MR) is 71.6 cm³/mol. The van der Waals surface area contributed by atoms with Gasteiger partial charge in [0.15, 0.2) is 0 Å². The van der Waals surface area contributed by atoms with Crippen LogP contribution in [-0.4, -0.2) is 33.5 Å². The van der Waals surface area contributed by atoms with Crippen molar-refractivity contribution in [2.45, 2.75) is 24.3 Å². The summed E-state index contributed by atoms with van der Waals surface area (Å²) in [5.41, 5.74) is 0.320. The van der Waals surface area contributed by atoms with Crippen LogP contribution in [0.15, 0.2) is 23.1 Å². The molecule has 106 valence electrons. The normalized spacial score (nSPS) is 13.2. The average molecular weight is 287 g/mol. The molecule has 0 aliphatic rings. The van der Waals surface area contributed by atoms with Gasteiger partial charge in [-0.1, -0.05) is 6.07 Å². The first-order valence-corrected chi connectivity index (χ1v) is 7.18. The summed E-state index contributed by atoms with van der Waals surface area (Å²) < 4.78 is 25.4. The lowest BCUT2D eigenvalue weighted by atomic mass is 10.1. The first-order chi connectivity index (χ1) is 8.81. The second-order valence-electron chi connectivity index (χ2n) is 4.15. The molecule has 1 aromatic rings. The maximum Gasteiger partial charge on any atom is 0.273 e. The fraction of sp³-hybridized carbons (Fsp3) is 0.455. The molecule has 2 N–H and O–H groups in total. The summed E-state index contributed by atoms with van der Waals surface area (Å²) in [7, 11) is -0.653. The Balaban J connectivity index is 3.27. The number of likely N-dealkylation sites (N-methyl/N-ethyl adjacent to an activating group) is 1. The highest BCUT2D eigenvalue weighted by molar-refractivity contribution is 7.89. The van der Waals surface area contributed by atoms with E-state index in [4.69, 9.17) is 0 Å². The second kappa shape index (κ2) is 6.09. The number of benzene rings is 1. The Labute approximate surface area is 112 Å². The van der Waals surface area contributed by atoms with Gasteiger partial charge in [-0.2, -0.15) is 0 Å². The van der Waals surface area contributed by atoms with Crippen LogP contribution in [0.3, 0.4) is 0 Å². The van der Waals surface area contributed by atoms with E-state index in [0.717, 1.165) is 6.07 Å². The van der Waals surface area contributed by atoms with E-state index in [1.54, 1.807) is 7.05 Å². The monoisotopic (exact) mass is 287 g/mol. The maximum atomic E-state index is 11.6. The summed E-state index contributed by atoms with van der Waals surface area (Å²) in [6.07, 6.45) is 0.451. The van der Waals surface area contributed by atoms with E-state index >= 15 is 0 Å². The van der Waals surface area contributed by atoms with E-state index in [9.17, 15) is 18.5 Å². The molecule has 0 aliphatic carbocycles. The molecule has 0 radical (unpaired) electrons. The predicted octanol–water partition coefficient (Wildman–Crippen LogP) is 0.653. The van der Waals surface area contributed by atoms with Crippen molar-refractivity contribution < 1.29 is 13.3 Å². The Morgan fingerprint density at radius 3 is 2.47 bits per heavy atom. The molecule has 8 heteroatoms. The summed E-state index contributed by atoms with van der Waals surface area (Å²) >= 11 is 0. The van der Waals surface area contributed by atoms with Crippen molar-refractivity contribution in [3.8, 4) is 0 Å². The van der Waals surface area contributed by atoms with Crippen LogP contribution in [0.1, 0.15) is 12.5 Å². The molecule has 0 aliphatic heterocycles. The third-order valence-electron chi connectivity index (χ3n) is 2.85. The standard InChI is InChI=1S/C11H17N3O4S/c1-8(12-2)6-9-4-5-10(19(17,18)13-3)7-11(9)14(15)16/h4-5,7-8,12-13H,6H2,1-3H3. The zero-order valence-corrected chi connectivity index (χ0v) is 11.8. The SMILES string of the molecule is CNC(C)Cc1ccc(S(=O)(=O)NC)cc1[N+](=O)[O-]. The molecular weight excluding hydrogens is 270 g/mol. The number of nitrogens with zero attached hydrogens (tertiary/aromatic N) is 1. The molecule has 0 bridgehead atoms. The zero-order valence-electron chi connectivity index (χ0n) is 11.0. The summed E-state index contributed by atoms with van der Waals surface area (Å²) in [5.74, 6) is 0. The molecule has 19 heavy (non-hydrogen) atoms. The van der Waals surface area contributed by atoms with E-state index in [-0.39, 0.29) is 16.6 Å². The largest absolute Gasteiger partial charge is 0.317 e. The number of nitrogens with one attached hydrogen (secondary N) is 2. The van der Waals surface area contributed by atoms with Gasteiger partial charge in [0.05, 0.1) is 9.82 Å². The number of nitro groups is 1. The summed E-state index contributed by atoms with van der Waals surface area (Å²) in [6.45, 7) is 1.89. The van der Waals surface area contributed by atoms with Gasteiger partial charge in [-0.25, -0.2) is 13.1 Å². The molecule has 0 fully saturated rings. The second-order valence-corrected chi connectivity index (χ2v) is 6.04. The lowest BCUT2D eigenvalue weighted by Crippen LogP contribution is -2.24. The van der Waals surface area contributed by atoms with E-state index in [0.29, 0.717) is 12.0 Å². The van der Waals surface area contributed by atoms with Crippen molar-refractivity contribution in [3.05, 3.63) is 33.9 Å². The van der Waals surface area contributed by atoms with Crippen LogP contribution in [-0.2, 0) is 16.4 Å². The van der Waals surface area contributed by atoms with Crippen LogP contribution < -0.4 is 10.0 Å². The number of hydrogen-bond donors (Lipinski definition) is 2. The van der Waals surface area contributed by atoms with E-state index in [2.05, 4.69) is 10.0 Å². The third-order valence-corrected chi connectivity index (χ3v) is 4.26. The highest BCUT2D eigenvalue weighted by Gasteiger charge is 2.20. The van der Waals surface area contributed by atoms with Gasteiger partial charge in [-0.3, -0.25) is 10.1 Å². The Bertz CT molecular complexity index is 571. The Morgan fingerprint density at radius 2 is 2.00 bits per heavy atom. The average Bonchev–Trinajstić information content (AvgIpc) is 2.38. The minimum atomic E-state index is -3.68. The smallest absolute Gasteiger partial charge is 0.273 e. The summed E-state index contributed by atoms with van der Waals surface area (Å²) in [4.78, 5) is 10.4. The number of rotatable bonds is 6. The van der Waals surface area contributed by atoms with Crippen LogP contribution in [0.5, 0.6) is 0 Å². The van der Waals surface area contributed by atoms with Gasteiger partial charge in [0.25, 0.3) is 5.69 Å². The van der Waals surface area contributed by atoms with Gasteiger partial charge in [0.1, 0.15) is 0 Å². The molecule has 1 atom stereocenters. The fourth-order valence-corrected chi connectivity index (χ4v) is 2.35. The number of nitro benzene ring substituents is 1.